The van der Waals surface area contributed by atoms with Crippen molar-refractivity contribution in [1.29, 1.82) is 0 Å². The highest BCUT2D eigenvalue weighted by Gasteiger charge is 2.46. The summed E-state index contributed by atoms with van der Waals surface area (Å²) in [6, 6.07) is 0. The lowest BCUT2D eigenvalue weighted by Crippen LogP contribution is -2.52. The molecular formula is C11H17NO3. The third-order valence-electron chi connectivity index (χ3n) is 3.60. The Labute approximate surface area is 89.4 Å². The molecule has 0 aromatic heterocycles. The smallest absolute Gasteiger partial charge is 0.227 e. The van der Waals surface area contributed by atoms with Crippen LogP contribution in [0.1, 0.15) is 32.1 Å². The minimum absolute atomic E-state index is 0.0452. The third-order valence-corrected chi connectivity index (χ3v) is 3.60. The molecule has 2 aliphatic rings. The van der Waals surface area contributed by atoms with Crippen molar-refractivity contribution in [1.82, 2.24) is 5.32 Å². The van der Waals surface area contributed by atoms with Crippen LogP contribution in [-0.2, 0) is 14.3 Å². The van der Waals surface area contributed by atoms with E-state index >= 15 is 0 Å². The number of ketones is 1. The first-order valence-electron chi connectivity index (χ1n) is 5.49. The molecule has 1 saturated carbocycles. The Bertz CT molecular complexity index is 290. The molecule has 0 aromatic rings. The Morgan fingerprint density at radius 2 is 2.27 bits per heavy atom. The Balaban J connectivity index is 2.15. The van der Waals surface area contributed by atoms with Crippen LogP contribution in [-0.4, -0.2) is 31.4 Å². The molecule has 1 aliphatic carbocycles. The van der Waals surface area contributed by atoms with Crippen molar-refractivity contribution in [3.63, 3.8) is 0 Å². The van der Waals surface area contributed by atoms with Crippen molar-refractivity contribution in [2.45, 2.75) is 38.2 Å². The molecular weight excluding hydrogens is 194 g/mol. The molecule has 4 nitrogen and oxygen atoms in total. The van der Waals surface area contributed by atoms with Crippen molar-refractivity contribution < 1.29 is 14.3 Å². The Morgan fingerprint density at radius 3 is 3.00 bits per heavy atom. The van der Waals surface area contributed by atoms with Crippen LogP contribution in [0.3, 0.4) is 0 Å². The van der Waals surface area contributed by atoms with E-state index in [1.807, 2.05) is 0 Å². The molecule has 1 heterocycles. The summed E-state index contributed by atoms with van der Waals surface area (Å²) in [6.07, 6.45) is 4.03. The van der Waals surface area contributed by atoms with Gasteiger partial charge in [-0.25, -0.2) is 0 Å². The van der Waals surface area contributed by atoms with E-state index in [0.717, 1.165) is 19.3 Å². The van der Waals surface area contributed by atoms with Gasteiger partial charge in [-0.3, -0.25) is 9.59 Å². The number of carbonyl (C=O) groups is 2. The van der Waals surface area contributed by atoms with E-state index in [4.69, 9.17) is 4.74 Å². The molecule has 2 rings (SSSR count). The zero-order valence-corrected chi connectivity index (χ0v) is 9.04. The Hall–Kier alpha value is -0.900. The molecule has 15 heavy (non-hydrogen) atoms. The van der Waals surface area contributed by atoms with Crippen molar-refractivity contribution in [2.24, 2.45) is 5.41 Å². The van der Waals surface area contributed by atoms with Gasteiger partial charge in [0.15, 0.2) is 5.78 Å². The summed E-state index contributed by atoms with van der Waals surface area (Å²) in [5.74, 6) is 0.190. The largest absolute Gasteiger partial charge is 0.381 e. The molecule has 2 fully saturated rings. The lowest BCUT2D eigenvalue weighted by molar-refractivity contribution is -0.145. The summed E-state index contributed by atoms with van der Waals surface area (Å²) in [5, 5.41) is 2.69. The molecule has 2 unspecified atom stereocenters. The number of nitrogens with one attached hydrogen (secondary N) is 1. The number of rotatable bonds is 1. The highest BCUT2D eigenvalue weighted by atomic mass is 16.5. The molecule has 0 aromatic carbocycles. The normalized spacial score (nSPS) is 36.7. The zero-order chi connectivity index (χ0) is 10.9. The average Bonchev–Trinajstić information content (AvgIpc) is 2.24. The highest BCUT2D eigenvalue weighted by molar-refractivity contribution is 5.96. The maximum atomic E-state index is 11.9. The van der Waals surface area contributed by atoms with E-state index in [1.54, 1.807) is 7.11 Å². The van der Waals surface area contributed by atoms with Gasteiger partial charge in [0.2, 0.25) is 5.91 Å². The Morgan fingerprint density at radius 1 is 1.47 bits per heavy atom. The molecule has 1 spiro atoms. The summed E-state index contributed by atoms with van der Waals surface area (Å²) >= 11 is 0. The number of hydrogen-bond acceptors (Lipinski definition) is 3. The summed E-state index contributed by atoms with van der Waals surface area (Å²) in [5.41, 5.74) is -0.464. The highest BCUT2D eigenvalue weighted by Crippen LogP contribution is 2.41. The van der Waals surface area contributed by atoms with E-state index in [2.05, 4.69) is 5.32 Å². The van der Waals surface area contributed by atoms with Crippen LogP contribution in [0, 0.1) is 5.41 Å². The number of carbonyl (C=O) groups excluding carboxylic acids is 2. The van der Waals surface area contributed by atoms with Crippen LogP contribution in [0.2, 0.25) is 0 Å². The van der Waals surface area contributed by atoms with Crippen molar-refractivity contribution in [2.75, 3.05) is 13.7 Å². The fraction of sp³-hybridized carbons (Fsp3) is 0.818. The summed E-state index contributed by atoms with van der Waals surface area (Å²) in [4.78, 5) is 23.3. The summed E-state index contributed by atoms with van der Waals surface area (Å²) in [7, 11) is 1.67. The molecule has 84 valence electrons. The first-order valence-corrected chi connectivity index (χ1v) is 5.49. The average molecular weight is 211 g/mol. The molecule has 1 amide bonds. The molecule has 2 atom stereocenters. The van der Waals surface area contributed by atoms with Crippen molar-refractivity contribution >= 4 is 11.7 Å². The van der Waals surface area contributed by atoms with E-state index < -0.39 is 5.41 Å². The number of methoxy groups -OCH3 is 1. The van der Waals surface area contributed by atoms with Crippen LogP contribution in [0.4, 0.5) is 0 Å². The molecule has 1 N–H and O–H groups in total. The summed E-state index contributed by atoms with van der Waals surface area (Å²) in [6.45, 7) is 0.207. The van der Waals surface area contributed by atoms with Gasteiger partial charge in [0.05, 0.1) is 18.1 Å². The number of hydrogen-bond donors (Lipinski definition) is 1. The van der Waals surface area contributed by atoms with Crippen LogP contribution in [0.15, 0.2) is 0 Å². The van der Waals surface area contributed by atoms with Crippen LogP contribution in [0.5, 0.6) is 0 Å². The van der Waals surface area contributed by atoms with Gasteiger partial charge in [-0.2, -0.15) is 0 Å². The van der Waals surface area contributed by atoms with Crippen LogP contribution >= 0.6 is 0 Å². The van der Waals surface area contributed by atoms with Crippen LogP contribution < -0.4 is 5.32 Å². The zero-order valence-electron chi connectivity index (χ0n) is 9.04. The topological polar surface area (TPSA) is 55.4 Å². The SMILES string of the molecule is COC1CCCC2(CC(=O)CNC2=O)C1. The predicted molar refractivity (Wildman–Crippen MR) is 54.3 cm³/mol. The lowest BCUT2D eigenvalue weighted by atomic mass is 9.68. The number of Topliss-reactive ketones (excluding diaryl/α,β-unsaturated/α-hetero) is 1. The van der Waals surface area contributed by atoms with Gasteiger partial charge < -0.3 is 10.1 Å². The van der Waals surface area contributed by atoms with Crippen molar-refractivity contribution in [3.05, 3.63) is 0 Å². The first kappa shape index (κ1) is 10.6. The number of ether oxygens (including phenoxy) is 1. The van der Waals surface area contributed by atoms with Gasteiger partial charge in [0.1, 0.15) is 0 Å². The quantitative estimate of drug-likeness (QED) is 0.693. The van der Waals surface area contributed by atoms with Crippen LogP contribution in [0.25, 0.3) is 0 Å². The molecule has 0 radical (unpaired) electrons. The summed E-state index contributed by atoms with van der Waals surface area (Å²) < 4.78 is 5.31. The monoisotopic (exact) mass is 211 g/mol. The lowest BCUT2D eigenvalue weighted by Gasteiger charge is -2.40. The molecule has 4 heteroatoms. The third kappa shape index (κ3) is 1.91. The second kappa shape index (κ2) is 3.93. The number of piperidine rings is 1. The van der Waals surface area contributed by atoms with Gasteiger partial charge in [0.25, 0.3) is 0 Å². The fourth-order valence-electron chi connectivity index (χ4n) is 2.76. The van der Waals surface area contributed by atoms with E-state index in [0.29, 0.717) is 12.8 Å². The second-order valence-corrected chi connectivity index (χ2v) is 4.63. The van der Waals surface area contributed by atoms with Gasteiger partial charge in [-0.15, -0.1) is 0 Å². The van der Waals surface area contributed by atoms with Gasteiger partial charge in [-0.1, -0.05) is 0 Å². The molecule has 0 bridgehead atoms. The van der Waals surface area contributed by atoms with E-state index in [9.17, 15) is 9.59 Å². The molecule has 1 aliphatic heterocycles. The van der Waals surface area contributed by atoms with Gasteiger partial charge in [0, 0.05) is 13.5 Å². The van der Waals surface area contributed by atoms with E-state index in [1.165, 1.54) is 0 Å². The maximum absolute atomic E-state index is 11.9. The Kier molecular flexibility index (Phi) is 2.78. The molecule has 1 saturated heterocycles. The van der Waals surface area contributed by atoms with E-state index in [-0.39, 0.29) is 24.3 Å². The van der Waals surface area contributed by atoms with Crippen molar-refractivity contribution in [3.8, 4) is 0 Å². The van der Waals surface area contributed by atoms with Gasteiger partial charge in [-0.05, 0) is 25.7 Å². The minimum atomic E-state index is -0.464. The first-order chi connectivity index (χ1) is 7.16. The second-order valence-electron chi connectivity index (χ2n) is 4.63. The standard InChI is InChI=1S/C11H17NO3/c1-15-9-3-2-4-11(6-9)5-8(13)7-12-10(11)14/h9H,2-7H2,1H3,(H,12,14). The fourth-order valence-corrected chi connectivity index (χ4v) is 2.76. The predicted octanol–water partition coefficient (Wildman–Crippen LogP) is 0.651. The maximum Gasteiger partial charge on any atom is 0.227 e. The van der Waals surface area contributed by atoms with Gasteiger partial charge >= 0.3 is 0 Å². The number of amides is 1. The minimum Gasteiger partial charge on any atom is -0.381 e.